The van der Waals surface area contributed by atoms with Gasteiger partial charge in [0.05, 0.1) is 16.8 Å². The molecule has 9 heteroatoms. The molecule has 1 aromatic heterocycles. The summed E-state index contributed by atoms with van der Waals surface area (Å²) in [7, 11) is 0. The van der Waals surface area contributed by atoms with Crippen molar-refractivity contribution in [1.29, 1.82) is 0 Å². The Morgan fingerprint density at radius 2 is 1.70 bits per heavy atom. The van der Waals surface area contributed by atoms with Crippen LogP contribution in [0.25, 0.3) is 11.3 Å². The van der Waals surface area contributed by atoms with Crippen molar-refractivity contribution in [2.24, 2.45) is 0 Å². The number of benzene rings is 2. The molecular weight excluding hydrogens is 490 g/mol. The minimum Gasteiger partial charge on any atom is -0.376 e. The fourth-order valence-electron chi connectivity index (χ4n) is 4.77. The standard InChI is InChI=1S/C28H30ClN5O3/c29-24-11-5-4-10-23(24)25-12-13-26(31-30-25)32-14-16-33(17-15-32)27(35)20-34(19-22-9-6-18-37-22)28(36)21-7-2-1-3-8-21/h1-5,7-8,10-13,22H,6,9,14-20H2/t22-/m1/s1. The van der Waals surface area contributed by atoms with Gasteiger partial charge in [0.15, 0.2) is 5.82 Å². The van der Waals surface area contributed by atoms with E-state index < -0.39 is 0 Å². The Morgan fingerprint density at radius 3 is 2.38 bits per heavy atom. The highest BCUT2D eigenvalue weighted by molar-refractivity contribution is 6.33. The van der Waals surface area contributed by atoms with Crippen LogP contribution >= 0.6 is 11.6 Å². The van der Waals surface area contributed by atoms with E-state index in [1.807, 2.05) is 59.5 Å². The predicted octanol–water partition coefficient (Wildman–Crippen LogP) is 3.77. The molecule has 2 fully saturated rings. The van der Waals surface area contributed by atoms with E-state index in [0.717, 1.165) is 29.9 Å². The van der Waals surface area contributed by atoms with Gasteiger partial charge in [0.25, 0.3) is 5.91 Å². The highest BCUT2D eigenvalue weighted by atomic mass is 35.5. The lowest BCUT2D eigenvalue weighted by molar-refractivity contribution is -0.132. The third-order valence-electron chi connectivity index (χ3n) is 6.84. The summed E-state index contributed by atoms with van der Waals surface area (Å²) in [5.74, 6) is 0.571. The van der Waals surface area contributed by atoms with E-state index in [4.69, 9.17) is 16.3 Å². The number of piperazine rings is 1. The lowest BCUT2D eigenvalue weighted by atomic mass is 10.1. The average Bonchev–Trinajstić information content (AvgIpc) is 3.46. The van der Waals surface area contributed by atoms with Crippen LogP contribution < -0.4 is 4.90 Å². The number of hydrogen-bond donors (Lipinski definition) is 0. The zero-order valence-electron chi connectivity index (χ0n) is 20.6. The Labute approximate surface area is 221 Å². The third kappa shape index (κ3) is 6.09. The Balaban J connectivity index is 1.19. The first-order valence-electron chi connectivity index (χ1n) is 12.7. The van der Waals surface area contributed by atoms with Crippen molar-refractivity contribution in [3.63, 3.8) is 0 Å². The van der Waals surface area contributed by atoms with E-state index >= 15 is 0 Å². The van der Waals surface area contributed by atoms with Crippen LogP contribution in [-0.4, -0.2) is 83.8 Å². The fraction of sp³-hybridized carbons (Fsp3) is 0.357. The second-order valence-electron chi connectivity index (χ2n) is 9.31. The highest BCUT2D eigenvalue weighted by Gasteiger charge is 2.28. The lowest BCUT2D eigenvalue weighted by Crippen LogP contribution is -2.52. The number of rotatable bonds is 7. The van der Waals surface area contributed by atoms with Crippen LogP contribution in [0.4, 0.5) is 5.82 Å². The maximum atomic E-state index is 13.2. The maximum absolute atomic E-state index is 13.2. The number of amides is 2. The Kier molecular flexibility index (Phi) is 7.96. The number of hydrogen-bond acceptors (Lipinski definition) is 6. The van der Waals surface area contributed by atoms with Gasteiger partial charge >= 0.3 is 0 Å². The average molecular weight is 520 g/mol. The molecule has 2 aliphatic rings. The van der Waals surface area contributed by atoms with E-state index in [1.54, 1.807) is 17.0 Å². The molecule has 0 aliphatic carbocycles. The molecule has 0 saturated carbocycles. The van der Waals surface area contributed by atoms with E-state index in [9.17, 15) is 9.59 Å². The third-order valence-corrected chi connectivity index (χ3v) is 7.17. The van der Waals surface area contributed by atoms with Gasteiger partial charge in [0, 0.05) is 50.5 Å². The largest absolute Gasteiger partial charge is 0.376 e. The quantitative estimate of drug-likeness (QED) is 0.473. The number of carbonyl (C=O) groups is 2. The van der Waals surface area contributed by atoms with Gasteiger partial charge in [-0.1, -0.05) is 48.0 Å². The topological polar surface area (TPSA) is 78.9 Å². The fourth-order valence-corrected chi connectivity index (χ4v) is 5.00. The van der Waals surface area contributed by atoms with Gasteiger partial charge in [-0.05, 0) is 43.2 Å². The van der Waals surface area contributed by atoms with E-state index in [1.165, 1.54) is 0 Å². The summed E-state index contributed by atoms with van der Waals surface area (Å²) in [5.41, 5.74) is 2.14. The molecule has 0 radical (unpaired) electrons. The van der Waals surface area contributed by atoms with E-state index in [0.29, 0.717) is 49.9 Å². The molecule has 3 aromatic rings. The Hall–Kier alpha value is -3.49. The molecule has 0 N–H and O–H groups in total. The number of carbonyl (C=O) groups excluding carboxylic acids is 2. The second kappa shape index (κ2) is 11.7. The number of ether oxygens (including phenoxy) is 1. The predicted molar refractivity (Wildman–Crippen MR) is 143 cm³/mol. The normalized spacial score (nSPS) is 17.6. The van der Waals surface area contributed by atoms with Gasteiger partial charge in [-0.2, -0.15) is 0 Å². The molecule has 192 valence electrons. The first-order valence-corrected chi connectivity index (χ1v) is 13.0. The van der Waals surface area contributed by atoms with Crippen LogP contribution in [0.5, 0.6) is 0 Å². The van der Waals surface area contributed by atoms with Crippen LogP contribution in [0.2, 0.25) is 5.02 Å². The smallest absolute Gasteiger partial charge is 0.254 e. The van der Waals surface area contributed by atoms with Crippen LogP contribution in [0.3, 0.4) is 0 Å². The van der Waals surface area contributed by atoms with Gasteiger partial charge in [-0.25, -0.2) is 0 Å². The Morgan fingerprint density at radius 1 is 0.946 bits per heavy atom. The maximum Gasteiger partial charge on any atom is 0.254 e. The Bertz CT molecular complexity index is 1210. The summed E-state index contributed by atoms with van der Waals surface area (Å²) in [4.78, 5) is 32.0. The van der Waals surface area contributed by atoms with Crippen molar-refractivity contribution in [2.75, 3.05) is 50.8 Å². The van der Waals surface area contributed by atoms with Crippen molar-refractivity contribution in [2.45, 2.75) is 18.9 Å². The molecule has 2 aromatic carbocycles. The SMILES string of the molecule is O=C(CN(C[C@H]1CCCO1)C(=O)c1ccccc1)N1CCN(c2ccc(-c3ccccc3Cl)nn2)CC1. The minimum atomic E-state index is -0.142. The highest BCUT2D eigenvalue weighted by Crippen LogP contribution is 2.26. The molecule has 2 amide bonds. The summed E-state index contributed by atoms with van der Waals surface area (Å²) in [6, 6.07) is 20.5. The molecule has 5 rings (SSSR count). The zero-order chi connectivity index (χ0) is 25.6. The van der Waals surface area contributed by atoms with Gasteiger partial charge in [0.2, 0.25) is 5.91 Å². The second-order valence-corrected chi connectivity index (χ2v) is 9.72. The van der Waals surface area contributed by atoms with Gasteiger partial charge in [-0.15, -0.1) is 10.2 Å². The lowest BCUT2D eigenvalue weighted by Gasteiger charge is -2.36. The summed E-state index contributed by atoms with van der Waals surface area (Å²) in [6.07, 6.45) is 1.86. The molecule has 0 unspecified atom stereocenters. The van der Waals surface area contributed by atoms with Gasteiger partial charge in [-0.3, -0.25) is 9.59 Å². The summed E-state index contributed by atoms with van der Waals surface area (Å²) < 4.78 is 5.76. The zero-order valence-corrected chi connectivity index (χ0v) is 21.4. The van der Waals surface area contributed by atoms with E-state index in [-0.39, 0.29) is 24.5 Å². The summed E-state index contributed by atoms with van der Waals surface area (Å²) in [5, 5.41) is 9.40. The molecule has 2 saturated heterocycles. The molecule has 2 aliphatic heterocycles. The number of anilines is 1. The van der Waals surface area contributed by atoms with E-state index in [2.05, 4.69) is 15.1 Å². The molecule has 8 nitrogen and oxygen atoms in total. The minimum absolute atomic E-state index is 0.0235. The monoisotopic (exact) mass is 519 g/mol. The first kappa shape index (κ1) is 25.2. The van der Waals surface area contributed by atoms with Gasteiger partial charge in [0.1, 0.15) is 6.54 Å². The van der Waals surface area contributed by atoms with Crippen molar-refractivity contribution in [1.82, 2.24) is 20.0 Å². The van der Waals surface area contributed by atoms with Crippen LogP contribution in [0.1, 0.15) is 23.2 Å². The number of halogens is 1. The van der Waals surface area contributed by atoms with Crippen molar-refractivity contribution in [3.05, 3.63) is 77.3 Å². The molecule has 1 atom stereocenters. The van der Waals surface area contributed by atoms with Crippen molar-refractivity contribution >= 4 is 29.2 Å². The number of nitrogens with zero attached hydrogens (tertiary/aromatic N) is 5. The molecule has 0 spiro atoms. The molecule has 0 bridgehead atoms. The molecule has 37 heavy (non-hydrogen) atoms. The summed E-state index contributed by atoms with van der Waals surface area (Å²) in [6.45, 7) is 3.57. The van der Waals surface area contributed by atoms with Gasteiger partial charge < -0.3 is 19.4 Å². The van der Waals surface area contributed by atoms with Crippen molar-refractivity contribution < 1.29 is 14.3 Å². The van der Waals surface area contributed by atoms with Crippen LogP contribution in [-0.2, 0) is 9.53 Å². The molecule has 3 heterocycles. The van der Waals surface area contributed by atoms with Crippen LogP contribution in [0, 0.1) is 0 Å². The summed E-state index contributed by atoms with van der Waals surface area (Å²) >= 11 is 6.28. The first-order chi connectivity index (χ1) is 18.1. The number of aromatic nitrogens is 2. The van der Waals surface area contributed by atoms with Crippen molar-refractivity contribution in [3.8, 4) is 11.3 Å². The van der Waals surface area contributed by atoms with Crippen LogP contribution in [0.15, 0.2) is 66.7 Å². The molecular formula is C28H30ClN5O3.